The minimum Gasteiger partial charge on any atom is -0.489 e. The lowest BCUT2D eigenvalue weighted by atomic mass is 9.88. The van der Waals surface area contributed by atoms with Crippen molar-refractivity contribution in [3.8, 4) is 5.75 Å². The fourth-order valence-electron chi connectivity index (χ4n) is 4.31. The normalized spacial score (nSPS) is 19.0. The van der Waals surface area contributed by atoms with E-state index in [1.165, 1.54) is 11.1 Å². The molecule has 0 bridgehead atoms. The first-order valence-electron chi connectivity index (χ1n) is 10.4. The molecule has 154 valence electrons. The minimum absolute atomic E-state index is 0.569. The van der Waals surface area contributed by atoms with Crippen molar-refractivity contribution in [3.63, 3.8) is 0 Å². The Hall–Kier alpha value is -3.11. The molecular weight excluding hydrogens is 374 g/mol. The fourth-order valence-corrected chi connectivity index (χ4v) is 4.31. The molecule has 1 atom stereocenters. The molecule has 1 aliphatic rings. The molecule has 0 heterocycles. The Morgan fingerprint density at radius 1 is 0.900 bits per heavy atom. The first kappa shape index (κ1) is 20.2. The summed E-state index contributed by atoms with van der Waals surface area (Å²) in [5.74, 6) is 0.871. The average molecular weight is 402 g/mol. The third-order valence-corrected chi connectivity index (χ3v) is 5.91. The zero-order valence-corrected chi connectivity index (χ0v) is 17.3. The van der Waals surface area contributed by atoms with Gasteiger partial charge in [-0.2, -0.15) is 0 Å². The van der Waals surface area contributed by atoms with Crippen LogP contribution in [0.15, 0.2) is 84.0 Å². The Bertz CT molecular complexity index is 998. The zero-order valence-electron chi connectivity index (χ0n) is 17.3. The van der Waals surface area contributed by atoms with Crippen LogP contribution in [-0.4, -0.2) is 18.0 Å². The quantitative estimate of drug-likeness (QED) is 0.400. The molecule has 4 heteroatoms. The molecule has 30 heavy (non-hydrogen) atoms. The number of hydrogen-bond acceptors (Lipinski definition) is 4. The Labute approximate surface area is 177 Å². The van der Waals surface area contributed by atoms with Gasteiger partial charge in [0.1, 0.15) is 18.0 Å². The van der Waals surface area contributed by atoms with Crippen LogP contribution in [0, 0.1) is 0 Å². The van der Waals surface area contributed by atoms with E-state index in [1.54, 1.807) is 7.11 Å². The lowest BCUT2D eigenvalue weighted by Gasteiger charge is -2.29. The van der Waals surface area contributed by atoms with E-state index in [0.29, 0.717) is 18.7 Å². The average Bonchev–Trinajstić information content (AvgIpc) is 3.13. The van der Waals surface area contributed by atoms with Crippen LogP contribution in [0.25, 0.3) is 0 Å². The number of benzene rings is 3. The van der Waals surface area contributed by atoms with Crippen LogP contribution >= 0.6 is 0 Å². The van der Waals surface area contributed by atoms with Crippen molar-refractivity contribution in [2.75, 3.05) is 7.11 Å². The molecule has 0 amide bonds. The van der Waals surface area contributed by atoms with Gasteiger partial charge in [0.15, 0.2) is 0 Å². The van der Waals surface area contributed by atoms with E-state index in [0.717, 1.165) is 36.1 Å². The maximum Gasteiger partial charge on any atom is 0.135 e. The van der Waals surface area contributed by atoms with Crippen molar-refractivity contribution in [2.24, 2.45) is 5.16 Å². The van der Waals surface area contributed by atoms with E-state index in [1.807, 2.05) is 42.5 Å². The van der Waals surface area contributed by atoms with Crippen LogP contribution < -0.4 is 4.74 Å². The highest BCUT2D eigenvalue weighted by Crippen LogP contribution is 2.41. The summed E-state index contributed by atoms with van der Waals surface area (Å²) in [5.41, 5.74) is 4.75. The standard InChI is InChI=1S/C26H27NO3/c1-29-26(24-12-6-5-11-22(24)18-25(26)27-28)17-7-10-20-13-15-23(16-14-20)30-19-21-8-3-2-4-9-21/h2-6,8-9,11-16,28H,7,10,17-19H2,1H3/b27-25+. The molecule has 0 saturated heterocycles. The Morgan fingerprint density at radius 2 is 1.63 bits per heavy atom. The van der Waals surface area contributed by atoms with E-state index in [9.17, 15) is 5.21 Å². The number of rotatable bonds is 8. The molecule has 0 saturated carbocycles. The predicted octanol–water partition coefficient (Wildman–Crippen LogP) is 5.52. The maximum absolute atomic E-state index is 9.58. The minimum atomic E-state index is -0.635. The summed E-state index contributed by atoms with van der Waals surface area (Å²) in [6.07, 6.45) is 3.25. The predicted molar refractivity (Wildman–Crippen MR) is 118 cm³/mol. The number of ether oxygens (including phenoxy) is 2. The molecule has 4 nitrogen and oxygen atoms in total. The highest BCUT2D eigenvalue weighted by atomic mass is 16.5. The zero-order chi connectivity index (χ0) is 20.8. The molecule has 1 aliphatic carbocycles. The van der Waals surface area contributed by atoms with Crippen LogP contribution in [0.4, 0.5) is 0 Å². The molecule has 0 aliphatic heterocycles. The number of fused-ring (bicyclic) bond motifs is 1. The van der Waals surface area contributed by atoms with Gasteiger partial charge in [-0.1, -0.05) is 71.9 Å². The monoisotopic (exact) mass is 401 g/mol. The van der Waals surface area contributed by atoms with Crippen LogP contribution in [0.2, 0.25) is 0 Å². The summed E-state index contributed by atoms with van der Waals surface area (Å²) in [6.45, 7) is 0.569. The van der Waals surface area contributed by atoms with E-state index in [-0.39, 0.29) is 0 Å². The highest BCUT2D eigenvalue weighted by Gasteiger charge is 2.44. The molecule has 0 aromatic heterocycles. The van der Waals surface area contributed by atoms with Gasteiger partial charge in [0.25, 0.3) is 0 Å². The molecule has 4 rings (SSSR count). The van der Waals surface area contributed by atoms with E-state index in [4.69, 9.17) is 9.47 Å². The molecule has 1 unspecified atom stereocenters. The third kappa shape index (κ3) is 4.10. The van der Waals surface area contributed by atoms with Gasteiger partial charge < -0.3 is 14.7 Å². The Morgan fingerprint density at radius 3 is 2.37 bits per heavy atom. The van der Waals surface area contributed by atoms with E-state index < -0.39 is 5.60 Å². The van der Waals surface area contributed by atoms with Gasteiger partial charge in [0.05, 0.1) is 5.71 Å². The van der Waals surface area contributed by atoms with Gasteiger partial charge in [-0.3, -0.25) is 0 Å². The van der Waals surface area contributed by atoms with Gasteiger partial charge in [0.2, 0.25) is 0 Å². The van der Waals surface area contributed by atoms with Crippen LogP contribution in [0.3, 0.4) is 0 Å². The number of methoxy groups -OCH3 is 1. The summed E-state index contributed by atoms with van der Waals surface area (Å²) < 4.78 is 11.8. The van der Waals surface area contributed by atoms with Crippen molar-refractivity contribution < 1.29 is 14.7 Å². The summed E-state index contributed by atoms with van der Waals surface area (Å²) >= 11 is 0. The highest BCUT2D eigenvalue weighted by molar-refractivity contribution is 5.99. The smallest absolute Gasteiger partial charge is 0.135 e. The fraction of sp³-hybridized carbons (Fsp3) is 0.269. The summed E-state index contributed by atoms with van der Waals surface area (Å²) in [5, 5.41) is 13.2. The second kappa shape index (κ2) is 9.14. The number of aryl methyl sites for hydroxylation is 1. The largest absolute Gasteiger partial charge is 0.489 e. The summed E-state index contributed by atoms with van der Waals surface area (Å²) in [6, 6.07) is 26.6. The second-order valence-electron chi connectivity index (χ2n) is 7.68. The van der Waals surface area contributed by atoms with Gasteiger partial charge in [-0.05, 0) is 53.6 Å². The van der Waals surface area contributed by atoms with Crippen LogP contribution in [0.1, 0.15) is 35.1 Å². The number of nitrogens with zero attached hydrogens (tertiary/aromatic N) is 1. The van der Waals surface area contributed by atoms with Crippen molar-refractivity contribution >= 4 is 5.71 Å². The first-order valence-corrected chi connectivity index (χ1v) is 10.4. The topological polar surface area (TPSA) is 51.0 Å². The van der Waals surface area contributed by atoms with Gasteiger partial charge in [0, 0.05) is 13.5 Å². The molecule has 1 N–H and O–H groups in total. The van der Waals surface area contributed by atoms with Crippen LogP contribution in [0.5, 0.6) is 5.75 Å². The molecule has 3 aromatic rings. The van der Waals surface area contributed by atoms with E-state index >= 15 is 0 Å². The first-order chi connectivity index (χ1) is 14.7. The molecular formula is C26H27NO3. The Balaban J connectivity index is 1.36. The van der Waals surface area contributed by atoms with Crippen molar-refractivity contribution in [1.82, 2.24) is 0 Å². The van der Waals surface area contributed by atoms with Gasteiger partial charge in [-0.25, -0.2) is 0 Å². The summed E-state index contributed by atoms with van der Waals surface area (Å²) in [4.78, 5) is 0. The molecule has 0 spiro atoms. The molecule has 3 aromatic carbocycles. The number of oxime groups is 1. The van der Waals surface area contributed by atoms with Crippen molar-refractivity contribution in [2.45, 2.75) is 37.9 Å². The van der Waals surface area contributed by atoms with E-state index in [2.05, 4.69) is 41.6 Å². The lowest BCUT2D eigenvalue weighted by molar-refractivity contribution is 0.0379. The number of hydrogen-bond donors (Lipinski definition) is 1. The Kier molecular flexibility index (Phi) is 6.15. The summed E-state index contributed by atoms with van der Waals surface area (Å²) in [7, 11) is 1.70. The molecule has 0 radical (unpaired) electrons. The van der Waals surface area contributed by atoms with Gasteiger partial charge in [-0.15, -0.1) is 0 Å². The molecule has 0 fully saturated rings. The third-order valence-electron chi connectivity index (χ3n) is 5.91. The van der Waals surface area contributed by atoms with Crippen molar-refractivity contribution in [3.05, 3.63) is 101 Å². The van der Waals surface area contributed by atoms with Crippen molar-refractivity contribution in [1.29, 1.82) is 0 Å². The maximum atomic E-state index is 9.58. The van der Waals surface area contributed by atoms with Gasteiger partial charge >= 0.3 is 0 Å². The lowest BCUT2D eigenvalue weighted by Crippen LogP contribution is -2.34. The SMILES string of the molecule is COC1(CCCc2ccc(OCc3ccccc3)cc2)/C(=N/O)Cc2ccccc21. The van der Waals surface area contributed by atoms with Crippen LogP contribution in [-0.2, 0) is 29.8 Å². The second-order valence-corrected chi connectivity index (χ2v) is 7.68.